The Morgan fingerprint density at radius 1 is 0.422 bits per heavy atom. The fourth-order valence-corrected chi connectivity index (χ4v) is 10.1. The molecular formula is C59H40N4S. The minimum atomic E-state index is 0.639. The van der Waals surface area contributed by atoms with Gasteiger partial charge in [0, 0.05) is 70.8 Å². The fraction of sp³-hybridized carbons (Fsp3) is 0. The van der Waals surface area contributed by atoms with Crippen molar-refractivity contribution in [1.82, 2.24) is 4.57 Å². The van der Waals surface area contributed by atoms with E-state index in [1.165, 1.54) is 30.9 Å². The molecule has 302 valence electrons. The Morgan fingerprint density at radius 2 is 0.969 bits per heavy atom. The van der Waals surface area contributed by atoms with Crippen LogP contribution in [0.2, 0.25) is 0 Å². The number of rotatable bonds is 10. The molecule has 9 aromatic carbocycles. The maximum absolute atomic E-state index is 9.55. The summed E-state index contributed by atoms with van der Waals surface area (Å²) < 4.78 is 4.84. The van der Waals surface area contributed by atoms with E-state index >= 15 is 0 Å². The van der Waals surface area contributed by atoms with Crippen molar-refractivity contribution in [3.63, 3.8) is 0 Å². The molecule has 0 spiro atoms. The van der Waals surface area contributed by atoms with Crippen LogP contribution in [0, 0.1) is 11.3 Å². The largest absolute Gasteiger partial charge is 0.310 e. The van der Waals surface area contributed by atoms with Gasteiger partial charge >= 0.3 is 0 Å². The Labute approximate surface area is 376 Å². The Bertz CT molecular complexity index is 3590. The molecule has 11 aromatic rings. The molecule has 0 saturated carbocycles. The highest BCUT2D eigenvalue weighted by molar-refractivity contribution is 7.25. The van der Waals surface area contributed by atoms with Crippen molar-refractivity contribution in [2.75, 3.05) is 9.80 Å². The van der Waals surface area contributed by atoms with Crippen LogP contribution in [-0.4, -0.2) is 4.57 Å². The van der Waals surface area contributed by atoms with Crippen LogP contribution in [0.5, 0.6) is 0 Å². The van der Waals surface area contributed by atoms with Gasteiger partial charge in [-0.1, -0.05) is 116 Å². The van der Waals surface area contributed by atoms with Crippen LogP contribution in [0.3, 0.4) is 0 Å². The van der Waals surface area contributed by atoms with Gasteiger partial charge in [0.25, 0.3) is 0 Å². The SMILES string of the molecule is C=Cc1cccc(N(c2cccc(C=C)c2)c2cccc(N(c3cccc(-c4ccc5c6ccccc6n(-c6ccc(C#N)cc6)c5c4)c3)c3ccc4sc5ccccc5c4c3)c2)c1. The number of benzene rings is 9. The second-order valence-corrected chi connectivity index (χ2v) is 16.9. The standard InChI is InChI=1S/C59H40N4S/c1-3-40-13-9-16-46(33-40)61(47-17-10-14-41(4-2)34-47)49-19-12-20-50(37-49)62(51-30-32-59-55(38-51)54-22-6-8-24-58(54)64-59)48-18-11-15-43(35-48)44-27-31-53-52-21-5-7-23-56(52)63(57(53)36-44)45-28-25-42(39-60)26-29-45/h3-38H,1-2H2. The van der Waals surface area contributed by atoms with Crippen LogP contribution in [0.1, 0.15) is 16.7 Å². The van der Waals surface area contributed by atoms with Gasteiger partial charge in [0.1, 0.15) is 0 Å². The quantitative estimate of drug-likeness (QED) is 0.138. The lowest BCUT2D eigenvalue weighted by atomic mass is 10.0. The summed E-state index contributed by atoms with van der Waals surface area (Å²) in [5.74, 6) is 0. The highest BCUT2D eigenvalue weighted by Gasteiger charge is 2.20. The highest BCUT2D eigenvalue weighted by atomic mass is 32.1. The van der Waals surface area contributed by atoms with E-state index in [2.05, 4.69) is 216 Å². The number of fused-ring (bicyclic) bond motifs is 6. The van der Waals surface area contributed by atoms with Crippen molar-refractivity contribution in [2.24, 2.45) is 0 Å². The number of hydrogen-bond acceptors (Lipinski definition) is 4. The zero-order chi connectivity index (χ0) is 43.1. The smallest absolute Gasteiger partial charge is 0.0991 e. The Hall–Kier alpha value is -8.43. The zero-order valence-corrected chi connectivity index (χ0v) is 35.7. The van der Waals surface area contributed by atoms with Gasteiger partial charge in [0.15, 0.2) is 0 Å². The van der Waals surface area contributed by atoms with Crippen LogP contribution in [0.25, 0.3) is 70.9 Å². The summed E-state index contributed by atoms with van der Waals surface area (Å²) in [6.45, 7) is 8.15. The summed E-state index contributed by atoms with van der Waals surface area (Å²) in [6.07, 6.45) is 3.78. The van der Waals surface area contributed by atoms with E-state index in [9.17, 15) is 5.26 Å². The van der Waals surface area contributed by atoms with E-state index in [-0.39, 0.29) is 0 Å². The lowest BCUT2D eigenvalue weighted by molar-refractivity contribution is 1.18. The molecule has 0 radical (unpaired) electrons. The van der Waals surface area contributed by atoms with E-state index < -0.39 is 0 Å². The molecule has 0 unspecified atom stereocenters. The highest BCUT2D eigenvalue weighted by Crippen LogP contribution is 2.44. The molecule has 0 saturated heterocycles. The molecular weight excluding hydrogens is 797 g/mol. The predicted octanol–water partition coefficient (Wildman–Crippen LogP) is 16.9. The number of para-hydroxylation sites is 1. The van der Waals surface area contributed by atoms with Crippen LogP contribution in [0.4, 0.5) is 34.1 Å². The molecule has 11 rings (SSSR count). The van der Waals surface area contributed by atoms with Gasteiger partial charge < -0.3 is 14.4 Å². The Kier molecular flexibility index (Phi) is 9.69. The van der Waals surface area contributed by atoms with Gasteiger partial charge in [-0.05, 0) is 138 Å². The number of nitriles is 1. The molecule has 2 aromatic heterocycles. The molecule has 0 atom stereocenters. The van der Waals surface area contributed by atoms with E-state index in [1.807, 2.05) is 47.8 Å². The van der Waals surface area contributed by atoms with Crippen LogP contribution in [0.15, 0.2) is 219 Å². The maximum Gasteiger partial charge on any atom is 0.0991 e. The minimum absolute atomic E-state index is 0.639. The Balaban J connectivity index is 1.09. The lowest BCUT2D eigenvalue weighted by Gasteiger charge is -2.30. The normalized spacial score (nSPS) is 11.2. The number of nitrogens with zero attached hydrogens (tertiary/aromatic N) is 4. The molecule has 4 nitrogen and oxygen atoms in total. The topological polar surface area (TPSA) is 35.2 Å². The Morgan fingerprint density at radius 3 is 1.66 bits per heavy atom. The van der Waals surface area contributed by atoms with Crippen molar-refractivity contribution >= 4 is 99.6 Å². The first-order valence-electron chi connectivity index (χ1n) is 21.3. The minimum Gasteiger partial charge on any atom is -0.310 e. The lowest BCUT2D eigenvalue weighted by Crippen LogP contribution is -2.13. The van der Waals surface area contributed by atoms with E-state index in [4.69, 9.17) is 0 Å². The summed E-state index contributed by atoms with van der Waals surface area (Å²) in [6, 6.07) is 75.6. The van der Waals surface area contributed by atoms with Gasteiger partial charge in [0.2, 0.25) is 0 Å². The van der Waals surface area contributed by atoms with Gasteiger partial charge in [-0.3, -0.25) is 0 Å². The zero-order valence-electron chi connectivity index (χ0n) is 34.9. The molecule has 0 bridgehead atoms. The summed E-state index contributed by atoms with van der Waals surface area (Å²) in [5.41, 5.74) is 14.4. The molecule has 0 aliphatic heterocycles. The number of aromatic nitrogens is 1. The number of thiophene rings is 1. The maximum atomic E-state index is 9.55. The van der Waals surface area contributed by atoms with Crippen LogP contribution < -0.4 is 9.80 Å². The first-order chi connectivity index (χ1) is 31.6. The number of anilines is 6. The van der Waals surface area contributed by atoms with Crippen LogP contribution >= 0.6 is 11.3 Å². The molecule has 64 heavy (non-hydrogen) atoms. The van der Waals surface area contributed by atoms with Crippen molar-refractivity contribution in [3.8, 4) is 22.9 Å². The first kappa shape index (κ1) is 38.5. The number of hydrogen-bond donors (Lipinski definition) is 0. The second-order valence-electron chi connectivity index (χ2n) is 15.9. The van der Waals surface area contributed by atoms with Crippen molar-refractivity contribution in [3.05, 3.63) is 236 Å². The van der Waals surface area contributed by atoms with Gasteiger partial charge in [0.05, 0.1) is 22.7 Å². The van der Waals surface area contributed by atoms with E-state index in [0.717, 1.165) is 73.1 Å². The van der Waals surface area contributed by atoms with E-state index in [1.54, 1.807) is 0 Å². The van der Waals surface area contributed by atoms with Crippen molar-refractivity contribution < 1.29 is 0 Å². The molecule has 0 amide bonds. The molecule has 0 aliphatic carbocycles. The fourth-order valence-electron chi connectivity index (χ4n) is 9.04. The van der Waals surface area contributed by atoms with Gasteiger partial charge in [-0.15, -0.1) is 11.3 Å². The van der Waals surface area contributed by atoms with Gasteiger partial charge in [-0.2, -0.15) is 5.26 Å². The molecule has 5 heteroatoms. The van der Waals surface area contributed by atoms with Crippen molar-refractivity contribution in [2.45, 2.75) is 0 Å². The third kappa shape index (κ3) is 6.80. The molecule has 0 N–H and O–H groups in total. The molecule has 0 fully saturated rings. The third-order valence-corrected chi connectivity index (χ3v) is 13.2. The summed E-state index contributed by atoms with van der Waals surface area (Å²) in [5, 5.41) is 14.4. The van der Waals surface area contributed by atoms with Gasteiger partial charge in [-0.25, -0.2) is 0 Å². The third-order valence-electron chi connectivity index (χ3n) is 12.1. The van der Waals surface area contributed by atoms with Crippen molar-refractivity contribution in [1.29, 1.82) is 5.26 Å². The summed E-state index contributed by atoms with van der Waals surface area (Å²) >= 11 is 1.83. The average molecular weight is 837 g/mol. The first-order valence-corrected chi connectivity index (χ1v) is 22.1. The average Bonchev–Trinajstić information content (AvgIpc) is 3.90. The molecule has 2 heterocycles. The molecule has 0 aliphatic rings. The summed E-state index contributed by atoms with van der Waals surface area (Å²) in [4.78, 5) is 4.68. The summed E-state index contributed by atoms with van der Waals surface area (Å²) in [7, 11) is 0. The van der Waals surface area contributed by atoms with Crippen LogP contribution in [-0.2, 0) is 0 Å². The van der Waals surface area contributed by atoms with E-state index in [0.29, 0.717) is 5.56 Å². The second kappa shape index (κ2) is 16.1. The predicted molar refractivity (Wildman–Crippen MR) is 273 cm³/mol. The monoisotopic (exact) mass is 836 g/mol.